The third-order valence-corrected chi connectivity index (χ3v) is 5.50. The predicted octanol–water partition coefficient (Wildman–Crippen LogP) is 3.26. The average Bonchev–Trinajstić information content (AvgIpc) is 3.29. The van der Waals surface area contributed by atoms with E-state index in [-0.39, 0.29) is 17.4 Å². The summed E-state index contributed by atoms with van der Waals surface area (Å²) in [6.45, 7) is 6.29. The van der Waals surface area contributed by atoms with Gasteiger partial charge in [-0.25, -0.2) is 13.9 Å². The van der Waals surface area contributed by atoms with Crippen LogP contribution >= 0.6 is 0 Å². The number of pyridine rings is 1. The van der Waals surface area contributed by atoms with Crippen molar-refractivity contribution in [3.8, 4) is 0 Å². The number of anilines is 1. The molecule has 1 aliphatic heterocycles. The quantitative estimate of drug-likeness (QED) is 0.641. The molecule has 1 spiro atoms. The molecule has 2 N–H and O–H groups in total. The zero-order valence-electron chi connectivity index (χ0n) is 15.2. The molecule has 2 aliphatic rings. The first kappa shape index (κ1) is 16.2. The van der Waals surface area contributed by atoms with Crippen LogP contribution in [0.4, 0.5) is 10.2 Å². The molecule has 1 atom stereocenters. The summed E-state index contributed by atoms with van der Waals surface area (Å²) in [5.41, 5.74) is 4.04. The van der Waals surface area contributed by atoms with E-state index in [1.54, 1.807) is 16.8 Å². The molecule has 3 aromatic heterocycles. The molecule has 6 nitrogen and oxygen atoms in total. The Bertz CT molecular complexity index is 1050. The molecule has 0 radical (unpaired) electrons. The molecule has 27 heavy (non-hydrogen) atoms. The Morgan fingerprint density at radius 3 is 3.00 bits per heavy atom. The van der Waals surface area contributed by atoms with Crippen molar-refractivity contribution in [2.45, 2.75) is 44.2 Å². The minimum atomic E-state index is -0.299. The van der Waals surface area contributed by atoms with E-state index < -0.39 is 0 Å². The maximum Gasteiger partial charge on any atom is 0.166 e. The minimum absolute atomic E-state index is 0.194. The molecule has 3 aromatic rings. The van der Waals surface area contributed by atoms with Crippen LogP contribution in [0.1, 0.15) is 43.0 Å². The maximum absolute atomic E-state index is 14.0. The zero-order valence-corrected chi connectivity index (χ0v) is 15.2. The van der Waals surface area contributed by atoms with Gasteiger partial charge >= 0.3 is 0 Å². The van der Waals surface area contributed by atoms with Gasteiger partial charge in [0.15, 0.2) is 5.65 Å². The van der Waals surface area contributed by atoms with Crippen LogP contribution in [-0.4, -0.2) is 25.6 Å². The van der Waals surface area contributed by atoms with Crippen molar-refractivity contribution in [2.75, 3.05) is 5.32 Å². The highest BCUT2D eigenvalue weighted by Gasteiger charge is 2.46. The smallest absolute Gasteiger partial charge is 0.166 e. The number of aromatic nitrogens is 4. The van der Waals surface area contributed by atoms with Crippen molar-refractivity contribution in [2.24, 2.45) is 0 Å². The van der Waals surface area contributed by atoms with E-state index in [1.165, 1.54) is 6.20 Å². The number of hydrogen-bond donors (Lipinski definition) is 2. The standard InChI is InChI=1S/C20H21FN6/c1-12-3-4-17-16(9-14(21)10-22-17)20(6-7-20)26-18-5-8-27-19(25-18)15(11-23-27)13(2)24-12/h5,8-12,24H,2-4,6-7H2,1H3,(H,25,26)/t12-/m1/s1. The lowest BCUT2D eigenvalue weighted by Gasteiger charge is -2.22. The molecular weight excluding hydrogens is 343 g/mol. The molecule has 2 bridgehead atoms. The van der Waals surface area contributed by atoms with E-state index in [9.17, 15) is 4.39 Å². The molecular formula is C20H21FN6. The largest absolute Gasteiger partial charge is 0.382 e. The molecule has 1 saturated carbocycles. The lowest BCUT2D eigenvalue weighted by Crippen LogP contribution is -2.26. The Labute approximate surface area is 156 Å². The Hall–Kier alpha value is -2.96. The maximum atomic E-state index is 14.0. The van der Waals surface area contributed by atoms with Crippen molar-refractivity contribution < 1.29 is 4.39 Å². The Kier molecular flexibility index (Phi) is 3.47. The number of hydrogen-bond acceptors (Lipinski definition) is 5. The van der Waals surface area contributed by atoms with Gasteiger partial charge in [-0.1, -0.05) is 6.58 Å². The first-order valence-corrected chi connectivity index (χ1v) is 9.27. The molecule has 7 heteroatoms. The van der Waals surface area contributed by atoms with Crippen LogP contribution in [-0.2, 0) is 12.0 Å². The van der Waals surface area contributed by atoms with Gasteiger partial charge in [0, 0.05) is 29.2 Å². The summed E-state index contributed by atoms with van der Waals surface area (Å²) < 4.78 is 15.7. The summed E-state index contributed by atoms with van der Waals surface area (Å²) in [5.74, 6) is 0.448. The van der Waals surface area contributed by atoms with Crippen LogP contribution in [0.25, 0.3) is 11.3 Å². The van der Waals surface area contributed by atoms with Gasteiger partial charge in [0.05, 0.1) is 23.5 Å². The van der Waals surface area contributed by atoms with Gasteiger partial charge in [-0.05, 0) is 44.7 Å². The van der Waals surface area contributed by atoms with Gasteiger partial charge in [-0.3, -0.25) is 4.98 Å². The van der Waals surface area contributed by atoms with Crippen LogP contribution in [0.2, 0.25) is 0 Å². The lowest BCUT2D eigenvalue weighted by molar-refractivity contribution is 0.577. The van der Waals surface area contributed by atoms with E-state index in [0.717, 1.165) is 59.7 Å². The van der Waals surface area contributed by atoms with Crippen molar-refractivity contribution in [3.05, 3.63) is 59.9 Å². The first-order valence-electron chi connectivity index (χ1n) is 9.27. The van der Waals surface area contributed by atoms with Crippen LogP contribution in [0.5, 0.6) is 0 Å². The number of aryl methyl sites for hydroxylation is 1. The van der Waals surface area contributed by atoms with Crippen molar-refractivity contribution >= 4 is 17.2 Å². The summed E-state index contributed by atoms with van der Waals surface area (Å²) in [5, 5.41) is 11.4. The van der Waals surface area contributed by atoms with Gasteiger partial charge in [-0.15, -0.1) is 0 Å². The topological polar surface area (TPSA) is 67.1 Å². The highest BCUT2D eigenvalue weighted by atomic mass is 19.1. The van der Waals surface area contributed by atoms with Crippen LogP contribution in [0, 0.1) is 5.82 Å². The van der Waals surface area contributed by atoms with Crippen LogP contribution in [0.15, 0.2) is 37.3 Å². The van der Waals surface area contributed by atoms with Crippen molar-refractivity contribution in [3.63, 3.8) is 0 Å². The third-order valence-electron chi connectivity index (χ3n) is 5.50. The van der Waals surface area contributed by atoms with Crippen LogP contribution < -0.4 is 10.6 Å². The Morgan fingerprint density at radius 2 is 2.19 bits per heavy atom. The number of rotatable bonds is 0. The highest BCUT2D eigenvalue weighted by Crippen LogP contribution is 2.49. The second kappa shape index (κ2) is 5.77. The summed E-state index contributed by atoms with van der Waals surface area (Å²) in [6, 6.07) is 3.72. The number of nitrogens with one attached hydrogen (secondary N) is 2. The van der Waals surface area contributed by atoms with Gasteiger partial charge in [0.25, 0.3) is 0 Å². The van der Waals surface area contributed by atoms with E-state index in [1.807, 2.05) is 12.3 Å². The van der Waals surface area contributed by atoms with Crippen molar-refractivity contribution in [1.82, 2.24) is 24.9 Å². The van der Waals surface area contributed by atoms with Crippen molar-refractivity contribution in [1.29, 1.82) is 0 Å². The molecule has 138 valence electrons. The molecule has 0 amide bonds. The second-order valence-corrected chi connectivity index (χ2v) is 7.56. The molecule has 0 saturated heterocycles. The van der Waals surface area contributed by atoms with E-state index in [4.69, 9.17) is 4.98 Å². The fourth-order valence-electron chi connectivity index (χ4n) is 3.86. The summed E-state index contributed by atoms with van der Waals surface area (Å²) >= 11 is 0. The van der Waals surface area contributed by atoms with Gasteiger partial charge < -0.3 is 10.6 Å². The molecule has 4 heterocycles. The molecule has 1 fully saturated rings. The third kappa shape index (κ3) is 2.74. The normalized spacial score (nSPS) is 21.0. The van der Waals surface area contributed by atoms with Gasteiger partial charge in [0.2, 0.25) is 0 Å². The average molecular weight is 364 g/mol. The second-order valence-electron chi connectivity index (χ2n) is 7.56. The highest BCUT2D eigenvalue weighted by molar-refractivity contribution is 5.74. The SMILES string of the molecule is C=C1N[C@H](C)CCc2ncc(F)cc2C2(CC2)Nc2ccn3ncc1c3n2. The summed E-state index contributed by atoms with van der Waals surface area (Å²) in [4.78, 5) is 9.18. The Morgan fingerprint density at radius 1 is 1.33 bits per heavy atom. The van der Waals surface area contributed by atoms with Crippen LogP contribution in [0.3, 0.4) is 0 Å². The van der Waals surface area contributed by atoms with Gasteiger partial charge in [0.1, 0.15) is 11.6 Å². The molecule has 1 aliphatic carbocycles. The summed E-state index contributed by atoms with van der Waals surface area (Å²) in [7, 11) is 0. The number of fused-ring (bicyclic) bond motifs is 3. The van der Waals surface area contributed by atoms with Gasteiger partial charge in [-0.2, -0.15) is 5.10 Å². The molecule has 5 rings (SSSR count). The number of nitrogens with zero attached hydrogens (tertiary/aromatic N) is 4. The monoisotopic (exact) mass is 364 g/mol. The molecule has 0 unspecified atom stereocenters. The Balaban J connectivity index is 1.66. The van der Waals surface area contributed by atoms with E-state index in [0.29, 0.717) is 0 Å². The predicted molar refractivity (Wildman–Crippen MR) is 102 cm³/mol. The fourth-order valence-corrected chi connectivity index (χ4v) is 3.86. The summed E-state index contributed by atoms with van der Waals surface area (Å²) in [6.07, 6.45) is 8.49. The van der Waals surface area contributed by atoms with E-state index in [2.05, 4.69) is 34.2 Å². The fraction of sp³-hybridized carbons (Fsp3) is 0.350. The first-order chi connectivity index (χ1) is 13.0. The minimum Gasteiger partial charge on any atom is -0.382 e. The zero-order chi connectivity index (χ0) is 18.6. The molecule has 0 aromatic carbocycles. The van der Waals surface area contributed by atoms with E-state index >= 15 is 0 Å². The number of halogens is 1. The lowest BCUT2D eigenvalue weighted by atomic mass is 9.98.